The van der Waals surface area contributed by atoms with E-state index in [1.807, 2.05) is 6.07 Å². The van der Waals surface area contributed by atoms with E-state index in [0.717, 1.165) is 11.9 Å². The third-order valence-corrected chi connectivity index (χ3v) is 4.39. The molecule has 0 aromatic carbocycles. The monoisotopic (exact) mass is 479 g/mol. The van der Waals surface area contributed by atoms with Crippen LogP contribution in [0.5, 0.6) is 0 Å². The number of imidazole rings is 1. The Kier molecular flexibility index (Phi) is 4.66. The van der Waals surface area contributed by atoms with Crippen LogP contribution in [0.3, 0.4) is 0 Å². The predicted molar refractivity (Wildman–Crippen MR) is 103 cm³/mol. The number of halogens is 2. The van der Waals surface area contributed by atoms with Crippen molar-refractivity contribution >= 4 is 51.3 Å². The van der Waals surface area contributed by atoms with Crippen LogP contribution in [-0.2, 0) is 4.43 Å². The first-order valence-electron chi connectivity index (χ1n) is 7.67. The lowest BCUT2D eigenvalue weighted by Gasteiger charge is -2.09. The fourth-order valence-electron chi connectivity index (χ4n) is 2.41. The Balaban J connectivity index is 1.73. The number of pyridine rings is 1. The van der Waals surface area contributed by atoms with Crippen molar-refractivity contribution in [1.29, 1.82) is 0 Å². The summed E-state index contributed by atoms with van der Waals surface area (Å²) in [5.74, 6) is -0.678. The Hall–Kier alpha value is -3.09. The highest BCUT2D eigenvalue weighted by atomic mass is 127. The molecule has 0 fully saturated rings. The molecule has 27 heavy (non-hydrogen) atoms. The zero-order valence-electron chi connectivity index (χ0n) is 13.6. The average Bonchev–Trinajstić information content (AvgIpc) is 3.33. The molecule has 0 aliphatic rings. The van der Waals surface area contributed by atoms with E-state index in [9.17, 15) is 9.18 Å². The molecule has 0 unspecified atom stereocenters. The third kappa shape index (κ3) is 3.45. The number of anilines is 3. The van der Waals surface area contributed by atoms with Crippen LogP contribution in [0, 0.1) is 5.82 Å². The molecule has 0 spiro atoms. The Labute approximate surface area is 165 Å². The van der Waals surface area contributed by atoms with Gasteiger partial charge in [-0.05, 0) is 12.1 Å². The van der Waals surface area contributed by atoms with Gasteiger partial charge >= 0.3 is 0 Å². The minimum atomic E-state index is -0.631. The molecule has 4 rings (SSSR count). The number of carbonyl (C=O) groups excluding carboxylic acids is 1. The molecule has 0 saturated carbocycles. The molecule has 0 aliphatic carbocycles. The summed E-state index contributed by atoms with van der Waals surface area (Å²) in [6.45, 7) is 0. The van der Waals surface area contributed by atoms with Gasteiger partial charge in [0.25, 0.3) is 5.91 Å². The van der Waals surface area contributed by atoms with Crippen molar-refractivity contribution in [3.63, 3.8) is 0 Å². The largest absolute Gasteiger partial charge is 0.363 e. The van der Waals surface area contributed by atoms with Gasteiger partial charge in [0.1, 0.15) is 6.26 Å². The number of hydrogen-bond acceptors (Lipinski definition) is 7. The first-order valence-corrected chi connectivity index (χ1v) is 9.20. The second kappa shape index (κ2) is 7.26. The lowest BCUT2D eigenvalue weighted by Crippen LogP contribution is -2.17. The fourth-order valence-corrected chi connectivity index (χ4v) is 2.78. The predicted octanol–water partition coefficient (Wildman–Crippen LogP) is 3.18. The van der Waals surface area contributed by atoms with Gasteiger partial charge < -0.3 is 15.2 Å². The molecular weight excluding hydrogens is 468 g/mol. The summed E-state index contributed by atoms with van der Waals surface area (Å²) >= 11 is 2.17. The molecule has 136 valence electrons. The van der Waals surface area contributed by atoms with E-state index in [4.69, 9.17) is 4.52 Å². The molecule has 1 amide bonds. The van der Waals surface area contributed by atoms with Crippen molar-refractivity contribution in [2.45, 2.75) is 4.43 Å². The lowest BCUT2D eigenvalue weighted by molar-refractivity contribution is 0.102. The van der Waals surface area contributed by atoms with Gasteiger partial charge in [-0.3, -0.25) is 9.78 Å². The SMILES string of the molecule is O=C(Nc1ccncc1F)c1cnc2c(Nc3ccon3)cc(CI)nn12. The molecule has 11 heteroatoms. The van der Waals surface area contributed by atoms with Crippen LogP contribution < -0.4 is 10.6 Å². The van der Waals surface area contributed by atoms with Gasteiger partial charge in [-0.25, -0.2) is 13.9 Å². The molecule has 4 aromatic heterocycles. The normalized spacial score (nSPS) is 10.9. The smallest absolute Gasteiger partial charge is 0.276 e. The summed E-state index contributed by atoms with van der Waals surface area (Å²) in [7, 11) is 0. The van der Waals surface area contributed by atoms with Crippen molar-refractivity contribution in [1.82, 2.24) is 24.7 Å². The van der Waals surface area contributed by atoms with Gasteiger partial charge in [0, 0.05) is 16.7 Å². The maximum atomic E-state index is 13.8. The number of carbonyl (C=O) groups is 1. The second-order valence-corrected chi connectivity index (χ2v) is 6.14. The maximum Gasteiger partial charge on any atom is 0.276 e. The number of alkyl halides is 1. The van der Waals surface area contributed by atoms with Gasteiger partial charge in [0.2, 0.25) is 0 Å². The van der Waals surface area contributed by atoms with Gasteiger partial charge in [-0.15, -0.1) is 0 Å². The summed E-state index contributed by atoms with van der Waals surface area (Å²) in [4.78, 5) is 20.5. The van der Waals surface area contributed by atoms with Crippen LogP contribution in [0.25, 0.3) is 5.65 Å². The van der Waals surface area contributed by atoms with E-state index in [2.05, 4.69) is 53.4 Å². The van der Waals surface area contributed by atoms with Crippen molar-refractivity contribution < 1.29 is 13.7 Å². The molecule has 4 heterocycles. The first-order chi connectivity index (χ1) is 13.2. The lowest BCUT2D eigenvalue weighted by atomic mass is 10.3. The molecule has 0 atom stereocenters. The molecular formula is C16H11FIN7O2. The van der Waals surface area contributed by atoms with E-state index < -0.39 is 11.7 Å². The number of nitrogens with one attached hydrogen (secondary N) is 2. The van der Waals surface area contributed by atoms with E-state index in [1.54, 1.807) is 6.07 Å². The molecule has 0 saturated heterocycles. The molecule has 0 aliphatic heterocycles. The number of amides is 1. The standard InChI is InChI=1S/C16H11FIN7O2/c17-10-7-19-3-1-11(10)22-16(26)13-8-20-15-12(21-14-2-4-27-24-14)5-9(6-18)23-25(13)15/h1-5,7-8H,6H2,(H,21,24)(H,19,22,26). The summed E-state index contributed by atoms with van der Waals surface area (Å²) in [5, 5.41) is 13.8. The summed E-state index contributed by atoms with van der Waals surface area (Å²) < 4.78 is 20.6. The minimum Gasteiger partial charge on any atom is -0.363 e. The van der Waals surface area contributed by atoms with Crippen molar-refractivity contribution in [3.8, 4) is 0 Å². The summed E-state index contributed by atoms with van der Waals surface area (Å²) in [5.41, 5.74) is 1.94. The topological polar surface area (TPSA) is 110 Å². The van der Waals surface area contributed by atoms with Gasteiger partial charge in [0.15, 0.2) is 23.0 Å². The molecule has 2 N–H and O–H groups in total. The van der Waals surface area contributed by atoms with E-state index in [1.165, 1.54) is 29.2 Å². The van der Waals surface area contributed by atoms with Gasteiger partial charge in [-0.2, -0.15) is 5.10 Å². The van der Waals surface area contributed by atoms with Crippen LogP contribution >= 0.6 is 22.6 Å². The molecule has 9 nitrogen and oxygen atoms in total. The number of nitrogens with zero attached hydrogens (tertiary/aromatic N) is 5. The Bertz CT molecular complexity index is 1110. The van der Waals surface area contributed by atoms with Crippen molar-refractivity contribution in [2.24, 2.45) is 0 Å². The summed E-state index contributed by atoms with van der Waals surface area (Å²) in [6, 6.07) is 4.84. The van der Waals surface area contributed by atoms with Crippen molar-refractivity contribution in [2.75, 3.05) is 10.6 Å². The average molecular weight is 479 g/mol. The van der Waals surface area contributed by atoms with Crippen LogP contribution in [0.2, 0.25) is 0 Å². The quantitative estimate of drug-likeness (QED) is 0.334. The van der Waals surface area contributed by atoms with E-state index in [-0.39, 0.29) is 11.4 Å². The zero-order chi connectivity index (χ0) is 18.8. The molecule has 4 aromatic rings. The maximum absolute atomic E-state index is 13.8. The van der Waals surface area contributed by atoms with Crippen molar-refractivity contribution in [3.05, 3.63) is 60.3 Å². The minimum absolute atomic E-state index is 0.0240. The zero-order valence-corrected chi connectivity index (χ0v) is 15.7. The van der Waals surface area contributed by atoms with Gasteiger partial charge in [-0.1, -0.05) is 27.7 Å². The highest BCUT2D eigenvalue weighted by molar-refractivity contribution is 14.1. The molecule has 0 radical (unpaired) electrons. The number of hydrogen-bond donors (Lipinski definition) is 2. The highest BCUT2D eigenvalue weighted by Gasteiger charge is 2.18. The fraction of sp³-hybridized carbons (Fsp3) is 0.0625. The van der Waals surface area contributed by atoms with E-state index in [0.29, 0.717) is 21.6 Å². The van der Waals surface area contributed by atoms with E-state index >= 15 is 0 Å². The number of rotatable bonds is 5. The summed E-state index contributed by atoms with van der Waals surface area (Å²) in [6.07, 6.45) is 5.23. The molecule has 0 bridgehead atoms. The Morgan fingerprint density at radius 2 is 2.19 bits per heavy atom. The third-order valence-electron chi connectivity index (χ3n) is 3.61. The first kappa shape index (κ1) is 17.3. The van der Waals surface area contributed by atoms with Crippen LogP contribution in [0.15, 0.2) is 47.6 Å². The van der Waals surface area contributed by atoms with Crippen LogP contribution in [0.4, 0.5) is 21.6 Å². The highest BCUT2D eigenvalue weighted by Crippen LogP contribution is 2.23. The van der Waals surface area contributed by atoms with Crippen LogP contribution in [-0.4, -0.2) is 30.6 Å². The second-order valence-electron chi connectivity index (χ2n) is 5.38. The van der Waals surface area contributed by atoms with Crippen LogP contribution in [0.1, 0.15) is 16.2 Å². The van der Waals surface area contributed by atoms with Gasteiger partial charge in [0.05, 0.1) is 29.5 Å². The Morgan fingerprint density at radius 1 is 1.30 bits per heavy atom. The number of fused-ring (bicyclic) bond motifs is 1. The number of aromatic nitrogens is 5. The Morgan fingerprint density at radius 3 is 2.93 bits per heavy atom.